The van der Waals surface area contributed by atoms with Gasteiger partial charge in [-0.3, -0.25) is 4.90 Å². The van der Waals surface area contributed by atoms with Crippen LogP contribution in [0.1, 0.15) is 51.2 Å². The lowest BCUT2D eigenvalue weighted by Gasteiger charge is -2.39. The lowest BCUT2D eigenvalue weighted by atomic mass is 9.96. The number of hydrogen-bond donors (Lipinski definition) is 1. The largest absolute Gasteiger partial charge is 0.497 e. The zero-order valence-corrected chi connectivity index (χ0v) is 14.2. The Bertz CT molecular complexity index is 467. The summed E-state index contributed by atoms with van der Waals surface area (Å²) in [4.78, 5) is 2.52. The Morgan fingerprint density at radius 3 is 2.45 bits per heavy atom. The van der Waals surface area contributed by atoms with Crippen molar-refractivity contribution in [2.24, 2.45) is 0 Å². The Kier molecular flexibility index (Phi) is 6.09. The Morgan fingerprint density at radius 1 is 1.18 bits per heavy atom. The summed E-state index contributed by atoms with van der Waals surface area (Å²) >= 11 is 0. The average molecular weight is 307 g/mol. The number of ether oxygens (including phenoxy) is 2. The van der Waals surface area contributed by atoms with E-state index in [1.807, 2.05) is 18.2 Å². The Labute approximate surface area is 134 Å². The second-order valence-electron chi connectivity index (χ2n) is 6.28. The zero-order chi connectivity index (χ0) is 16.1. The van der Waals surface area contributed by atoms with Crippen molar-refractivity contribution in [1.29, 1.82) is 0 Å². The molecule has 4 heteroatoms. The predicted molar refractivity (Wildman–Crippen MR) is 88.6 cm³/mol. The second kappa shape index (κ2) is 7.84. The molecule has 0 amide bonds. The number of methoxy groups -OCH3 is 2. The number of hydrogen-bond acceptors (Lipinski definition) is 4. The van der Waals surface area contributed by atoms with E-state index in [4.69, 9.17) is 9.47 Å². The fourth-order valence-corrected chi connectivity index (χ4v) is 3.44. The van der Waals surface area contributed by atoms with Gasteiger partial charge in [0.1, 0.15) is 11.5 Å². The fourth-order valence-electron chi connectivity index (χ4n) is 3.44. The van der Waals surface area contributed by atoms with E-state index in [9.17, 15) is 5.11 Å². The highest BCUT2D eigenvalue weighted by Crippen LogP contribution is 2.32. The van der Waals surface area contributed by atoms with Gasteiger partial charge in [-0.1, -0.05) is 6.42 Å². The molecule has 22 heavy (non-hydrogen) atoms. The Morgan fingerprint density at radius 2 is 1.86 bits per heavy atom. The number of piperidine rings is 1. The van der Waals surface area contributed by atoms with E-state index >= 15 is 0 Å². The Balaban J connectivity index is 2.01. The van der Waals surface area contributed by atoms with Gasteiger partial charge < -0.3 is 14.6 Å². The highest BCUT2D eigenvalue weighted by molar-refractivity contribution is 5.41. The van der Waals surface area contributed by atoms with Crippen molar-refractivity contribution in [3.05, 3.63) is 23.8 Å². The van der Waals surface area contributed by atoms with Gasteiger partial charge in [0.05, 0.1) is 20.3 Å². The first-order chi connectivity index (χ1) is 10.6. The van der Waals surface area contributed by atoms with Crippen molar-refractivity contribution in [2.75, 3.05) is 20.8 Å². The first kappa shape index (κ1) is 17.1. The van der Waals surface area contributed by atoms with Crippen LogP contribution in [0.5, 0.6) is 11.5 Å². The minimum Gasteiger partial charge on any atom is -0.497 e. The quantitative estimate of drug-likeness (QED) is 0.875. The van der Waals surface area contributed by atoms with Crippen LogP contribution in [0.4, 0.5) is 0 Å². The molecule has 0 aliphatic carbocycles. The molecule has 1 fully saturated rings. The molecule has 1 saturated heterocycles. The van der Waals surface area contributed by atoms with E-state index in [1.165, 1.54) is 19.3 Å². The molecule has 3 atom stereocenters. The normalized spacial score (nSPS) is 24.0. The van der Waals surface area contributed by atoms with Gasteiger partial charge in [-0.15, -0.1) is 0 Å². The summed E-state index contributed by atoms with van der Waals surface area (Å²) in [6, 6.07) is 6.80. The van der Waals surface area contributed by atoms with Crippen LogP contribution in [0.3, 0.4) is 0 Å². The maximum atomic E-state index is 10.6. The molecule has 1 aromatic rings. The summed E-state index contributed by atoms with van der Waals surface area (Å²) in [5.41, 5.74) is 0.834. The molecule has 0 saturated carbocycles. The number of benzene rings is 1. The highest BCUT2D eigenvalue weighted by Gasteiger charge is 2.25. The molecule has 1 heterocycles. The van der Waals surface area contributed by atoms with E-state index in [0.717, 1.165) is 24.3 Å². The van der Waals surface area contributed by atoms with Crippen molar-refractivity contribution in [3.63, 3.8) is 0 Å². The van der Waals surface area contributed by atoms with Crippen LogP contribution in [0, 0.1) is 0 Å². The van der Waals surface area contributed by atoms with Gasteiger partial charge in [-0.2, -0.15) is 0 Å². The van der Waals surface area contributed by atoms with Gasteiger partial charge in [0.25, 0.3) is 0 Å². The van der Waals surface area contributed by atoms with Crippen LogP contribution >= 0.6 is 0 Å². The zero-order valence-electron chi connectivity index (χ0n) is 14.2. The maximum absolute atomic E-state index is 10.6. The van der Waals surface area contributed by atoms with E-state index < -0.39 is 6.10 Å². The molecule has 124 valence electrons. The van der Waals surface area contributed by atoms with E-state index in [2.05, 4.69) is 18.7 Å². The van der Waals surface area contributed by atoms with E-state index in [-0.39, 0.29) is 0 Å². The molecule has 0 bridgehead atoms. The minimum atomic E-state index is -0.512. The van der Waals surface area contributed by atoms with Crippen molar-refractivity contribution >= 4 is 0 Å². The minimum absolute atomic E-state index is 0.512. The molecule has 0 spiro atoms. The van der Waals surface area contributed by atoms with Gasteiger partial charge in [0.2, 0.25) is 0 Å². The molecular formula is C18H29NO3. The van der Waals surface area contributed by atoms with Crippen LogP contribution in [-0.4, -0.2) is 42.9 Å². The number of likely N-dealkylation sites (tertiary alicyclic amines) is 1. The summed E-state index contributed by atoms with van der Waals surface area (Å²) in [5.74, 6) is 1.43. The number of aliphatic hydroxyl groups excluding tert-OH is 1. The number of nitrogens with zero attached hydrogens (tertiary/aromatic N) is 1. The monoisotopic (exact) mass is 307 g/mol. The van der Waals surface area contributed by atoms with Crippen molar-refractivity contribution in [2.45, 2.75) is 57.7 Å². The SMILES string of the molecule is COc1ccc(C(O)CCN2C(C)CCCC2C)c(OC)c1. The molecule has 0 aromatic heterocycles. The molecule has 3 unspecified atom stereocenters. The summed E-state index contributed by atoms with van der Waals surface area (Å²) in [6.07, 6.45) is 4.03. The summed E-state index contributed by atoms with van der Waals surface area (Å²) in [6.45, 7) is 5.49. The summed E-state index contributed by atoms with van der Waals surface area (Å²) < 4.78 is 10.6. The van der Waals surface area contributed by atoms with Gasteiger partial charge in [-0.05, 0) is 45.2 Å². The third-order valence-corrected chi connectivity index (χ3v) is 4.84. The average Bonchev–Trinajstić information content (AvgIpc) is 2.53. The molecular weight excluding hydrogens is 278 g/mol. The summed E-state index contributed by atoms with van der Waals surface area (Å²) in [7, 11) is 3.25. The molecule has 2 rings (SSSR count). The third kappa shape index (κ3) is 3.93. The van der Waals surface area contributed by atoms with Gasteiger partial charge >= 0.3 is 0 Å². The van der Waals surface area contributed by atoms with E-state index in [1.54, 1.807) is 14.2 Å². The van der Waals surface area contributed by atoms with Gasteiger partial charge in [0, 0.05) is 30.3 Å². The molecule has 1 aliphatic heterocycles. The smallest absolute Gasteiger partial charge is 0.128 e. The molecule has 1 N–H and O–H groups in total. The molecule has 4 nitrogen and oxygen atoms in total. The van der Waals surface area contributed by atoms with Crippen molar-refractivity contribution in [1.82, 2.24) is 4.90 Å². The van der Waals surface area contributed by atoms with Crippen LogP contribution in [0.25, 0.3) is 0 Å². The summed E-state index contributed by atoms with van der Waals surface area (Å²) in [5, 5.41) is 10.6. The fraction of sp³-hybridized carbons (Fsp3) is 0.667. The lowest BCUT2D eigenvalue weighted by molar-refractivity contribution is 0.0741. The van der Waals surface area contributed by atoms with Crippen LogP contribution in [-0.2, 0) is 0 Å². The first-order valence-corrected chi connectivity index (χ1v) is 8.22. The van der Waals surface area contributed by atoms with Crippen LogP contribution in [0.15, 0.2) is 18.2 Å². The van der Waals surface area contributed by atoms with Crippen LogP contribution < -0.4 is 9.47 Å². The number of rotatable bonds is 6. The van der Waals surface area contributed by atoms with Gasteiger partial charge in [0.15, 0.2) is 0 Å². The maximum Gasteiger partial charge on any atom is 0.128 e. The van der Waals surface area contributed by atoms with Crippen molar-refractivity contribution in [3.8, 4) is 11.5 Å². The first-order valence-electron chi connectivity index (χ1n) is 8.22. The highest BCUT2D eigenvalue weighted by atomic mass is 16.5. The molecule has 0 radical (unpaired) electrons. The Hall–Kier alpha value is -1.26. The van der Waals surface area contributed by atoms with E-state index in [0.29, 0.717) is 17.8 Å². The third-order valence-electron chi connectivity index (χ3n) is 4.84. The molecule has 1 aromatic carbocycles. The standard InChI is InChI=1S/C18H29NO3/c1-13-6-5-7-14(2)19(13)11-10-17(20)16-9-8-15(21-3)12-18(16)22-4/h8-9,12-14,17,20H,5-7,10-11H2,1-4H3. The topological polar surface area (TPSA) is 41.9 Å². The molecule has 1 aliphatic rings. The predicted octanol–water partition coefficient (Wildman–Crippen LogP) is 3.39. The van der Waals surface area contributed by atoms with Crippen molar-refractivity contribution < 1.29 is 14.6 Å². The second-order valence-corrected chi connectivity index (χ2v) is 6.28. The van der Waals surface area contributed by atoms with Gasteiger partial charge in [-0.25, -0.2) is 0 Å². The number of aliphatic hydroxyl groups is 1. The lowest BCUT2D eigenvalue weighted by Crippen LogP contribution is -2.44. The van der Waals surface area contributed by atoms with Crippen LogP contribution in [0.2, 0.25) is 0 Å².